The van der Waals surface area contributed by atoms with Crippen LogP contribution < -0.4 is 5.32 Å². The molecule has 0 bridgehead atoms. The van der Waals surface area contributed by atoms with E-state index in [9.17, 15) is 0 Å². The standard InChI is InChI=1S/C14H11N7S/c1-3-9-12(15-5-1)17-8-18-13(9)16-7-11-19-14(21-20-11)10-4-2-6-22-10/h1-6,8H,7H2,(H,19,20,21)(H,15,16,17,18). The summed E-state index contributed by atoms with van der Waals surface area (Å²) in [5, 5.41) is 13.3. The van der Waals surface area contributed by atoms with E-state index in [0.29, 0.717) is 18.0 Å². The zero-order chi connectivity index (χ0) is 14.8. The first-order valence-corrected chi connectivity index (χ1v) is 7.53. The van der Waals surface area contributed by atoms with E-state index in [-0.39, 0.29) is 0 Å². The van der Waals surface area contributed by atoms with Gasteiger partial charge in [-0.3, -0.25) is 5.10 Å². The van der Waals surface area contributed by atoms with Gasteiger partial charge in [0.15, 0.2) is 11.5 Å². The fourth-order valence-corrected chi connectivity index (χ4v) is 2.75. The lowest BCUT2D eigenvalue weighted by molar-refractivity contribution is 0.947. The summed E-state index contributed by atoms with van der Waals surface area (Å²) >= 11 is 1.61. The number of aromatic amines is 1. The number of anilines is 1. The summed E-state index contributed by atoms with van der Waals surface area (Å²) in [7, 11) is 0. The molecule has 4 heterocycles. The Morgan fingerprint density at radius 2 is 2.14 bits per heavy atom. The highest BCUT2D eigenvalue weighted by Gasteiger charge is 2.08. The van der Waals surface area contributed by atoms with Crippen LogP contribution in [0.2, 0.25) is 0 Å². The summed E-state index contributed by atoms with van der Waals surface area (Å²) in [5.74, 6) is 2.19. The van der Waals surface area contributed by atoms with Gasteiger partial charge < -0.3 is 5.32 Å². The van der Waals surface area contributed by atoms with E-state index in [1.807, 2.05) is 29.6 Å². The van der Waals surface area contributed by atoms with Gasteiger partial charge in [0.1, 0.15) is 18.0 Å². The van der Waals surface area contributed by atoms with Crippen LogP contribution in [-0.2, 0) is 6.54 Å². The lowest BCUT2D eigenvalue weighted by atomic mass is 10.3. The van der Waals surface area contributed by atoms with Gasteiger partial charge in [0.25, 0.3) is 0 Å². The molecular formula is C14H11N7S. The number of pyridine rings is 1. The molecule has 108 valence electrons. The number of fused-ring (bicyclic) bond motifs is 1. The molecule has 0 aromatic carbocycles. The Kier molecular flexibility index (Phi) is 3.20. The van der Waals surface area contributed by atoms with Crippen molar-refractivity contribution in [3.8, 4) is 10.7 Å². The van der Waals surface area contributed by atoms with Gasteiger partial charge in [-0.15, -0.1) is 11.3 Å². The summed E-state index contributed by atoms with van der Waals surface area (Å²) in [6.45, 7) is 0.499. The molecule has 0 saturated heterocycles. The van der Waals surface area contributed by atoms with Crippen LogP contribution in [0.25, 0.3) is 21.7 Å². The number of rotatable bonds is 4. The quantitative estimate of drug-likeness (QED) is 0.601. The number of nitrogens with one attached hydrogen (secondary N) is 2. The molecule has 0 aliphatic heterocycles. The summed E-state index contributed by atoms with van der Waals surface area (Å²) in [5.41, 5.74) is 0.664. The summed E-state index contributed by atoms with van der Waals surface area (Å²) in [4.78, 5) is 18.1. The van der Waals surface area contributed by atoms with E-state index in [2.05, 4.69) is 35.5 Å². The average Bonchev–Trinajstić information content (AvgIpc) is 3.24. The van der Waals surface area contributed by atoms with Gasteiger partial charge in [0.2, 0.25) is 0 Å². The molecule has 0 aliphatic rings. The highest BCUT2D eigenvalue weighted by Crippen LogP contribution is 2.21. The Morgan fingerprint density at radius 3 is 3.05 bits per heavy atom. The second-order valence-corrected chi connectivity index (χ2v) is 5.48. The molecule has 0 amide bonds. The zero-order valence-electron chi connectivity index (χ0n) is 11.4. The Hall–Kier alpha value is -2.87. The van der Waals surface area contributed by atoms with E-state index in [4.69, 9.17) is 0 Å². The van der Waals surface area contributed by atoms with Gasteiger partial charge >= 0.3 is 0 Å². The number of hydrogen-bond donors (Lipinski definition) is 2. The first-order valence-electron chi connectivity index (χ1n) is 6.65. The van der Waals surface area contributed by atoms with Gasteiger partial charge in [-0.25, -0.2) is 19.9 Å². The van der Waals surface area contributed by atoms with Crippen molar-refractivity contribution in [3.05, 3.63) is 48.0 Å². The third-order valence-electron chi connectivity index (χ3n) is 3.11. The fourth-order valence-electron chi connectivity index (χ4n) is 2.09. The second kappa shape index (κ2) is 5.49. The van der Waals surface area contributed by atoms with Crippen LogP contribution in [0.3, 0.4) is 0 Å². The van der Waals surface area contributed by atoms with Crippen molar-refractivity contribution in [1.29, 1.82) is 0 Å². The van der Waals surface area contributed by atoms with E-state index >= 15 is 0 Å². The summed E-state index contributed by atoms with van der Waals surface area (Å²) in [6, 6.07) is 7.77. The predicted octanol–water partition coefficient (Wildman–Crippen LogP) is 2.48. The van der Waals surface area contributed by atoms with E-state index in [1.54, 1.807) is 17.5 Å². The van der Waals surface area contributed by atoms with Crippen LogP contribution >= 0.6 is 11.3 Å². The van der Waals surface area contributed by atoms with Crippen LogP contribution in [0.1, 0.15) is 5.82 Å². The molecule has 0 saturated carbocycles. The number of aromatic nitrogens is 6. The van der Waals surface area contributed by atoms with Crippen LogP contribution in [-0.4, -0.2) is 30.1 Å². The molecule has 4 aromatic heterocycles. The maximum atomic E-state index is 4.47. The number of nitrogens with zero attached hydrogens (tertiary/aromatic N) is 5. The van der Waals surface area contributed by atoms with Crippen LogP contribution in [0.5, 0.6) is 0 Å². The van der Waals surface area contributed by atoms with Crippen LogP contribution in [0.4, 0.5) is 5.82 Å². The molecule has 22 heavy (non-hydrogen) atoms. The maximum Gasteiger partial charge on any atom is 0.191 e. The SMILES string of the molecule is c1csc(-c2n[nH]c(CNc3ncnc4ncccc34)n2)c1. The molecule has 0 atom stereocenters. The van der Waals surface area contributed by atoms with E-state index in [1.165, 1.54) is 6.33 Å². The van der Waals surface area contributed by atoms with Gasteiger partial charge in [0, 0.05) is 6.20 Å². The topological polar surface area (TPSA) is 92.3 Å². The number of thiophene rings is 1. The lowest BCUT2D eigenvalue weighted by Crippen LogP contribution is -2.04. The Balaban J connectivity index is 1.55. The molecule has 2 N–H and O–H groups in total. The number of H-pyrrole nitrogens is 1. The summed E-state index contributed by atoms with van der Waals surface area (Å²) in [6.07, 6.45) is 3.21. The average molecular weight is 309 g/mol. The fraction of sp³-hybridized carbons (Fsp3) is 0.0714. The maximum absolute atomic E-state index is 4.47. The molecule has 4 rings (SSSR count). The van der Waals surface area contributed by atoms with Gasteiger partial charge in [-0.05, 0) is 23.6 Å². The first-order chi connectivity index (χ1) is 10.9. The molecule has 0 spiro atoms. The first kappa shape index (κ1) is 12.8. The minimum Gasteiger partial charge on any atom is -0.362 e. The van der Waals surface area contributed by atoms with Crippen molar-refractivity contribution in [2.24, 2.45) is 0 Å². The van der Waals surface area contributed by atoms with Crippen molar-refractivity contribution < 1.29 is 0 Å². The van der Waals surface area contributed by atoms with Crippen molar-refractivity contribution in [2.45, 2.75) is 6.54 Å². The van der Waals surface area contributed by atoms with Crippen molar-refractivity contribution >= 4 is 28.2 Å². The normalized spacial score (nSPS) is 10.9. The van der Waals surface area contributed by atoms with Gasteiger partial charge in [0.05, 0.1) is 16.8 Å². The number of hydrogen-bond acceptors (Lipinski definition) is 7. The van der Waals surface area contributed by atoms with Crippen molar-refractivity contribution in [3.63, 3.8) is 0 Å². The van der Waals surface area contributed by atoms with Crippen molar-refractivity contribution in [2.75, 3.05) is 5.32 Å². The smallest absolute Gasteiger partial charge is 0.191 e. The largest absolute Gasteiger partial charge is 0.362 e. The Morgan fingerprint density at radius 1 is 1.14 bits per heavy atom. The molecule has 8 heteroatoms. The predicted molar refractivity (Wildman–Crippen MR) is 84.4 cm³/mol. The Labute approximate surface area is 129 Å². The molecule has 7 nitrogen and oxygen atoms in total. The lowest BCUT2D eigenvalue weighted by Gasteiger charge is -2.05. The monoisotopic (exact) mass is 309 g/mol. The molecular weight excluding hydrogens is 298 g/mol. The van der Waals surface area contributed by atoms with E-state index < -0.39 is 0 Å². The minimum absolute atomic E-state index is 0.499. The third-order valence-corrected chi connectivity index (χ3v) is 3.97. The molecule has 4 aromatic rings. The molecule has 0 unspecified atom stereocenters. The van der Waals surface area contributed by atoms with Gasteiger partial charge in [-0.1, -0.05) is 6.07 Å². The highest BCUT2D eigenvalue weighted by atomic mass is 32.1. The zero-order valence-corrected chi connectivity index (χ0v) is 12.2. The highest BCUT2D eigenvalue weighted by molar-refractivity contribution is 7.13. The minimum atomic E-state index is 0.499. The molecule has 0 fully saturated rings. The third kappa shape index (κ3) is 2.40. The van der Waals surface area contributed by atoms with Crippen molar-refractivity contribution in [1.82, 2.24) is 30.1 Å². The summed E-state index contributed by atoms with van der Waals surface area (Å²) < 4.78 is 0. The second-order valence-electron chi connectivity index (χ2n) is 4.53. The van der Waals surface area contributed by atoms with Gasteiger partial charge in [-0.2, -0.15) is 5.10 Å². The van der Waals surface area contributed by atoms with Crippen LogP contribution in [0.15, 0.2) is 42.2 Å². The molecule has 0 radical (unpaired) electrons. The molecule has 0 aliphatic carbocycles. The van der Waals surface area contributed by atoms with E-state index in [0.717, 1.165) is 21.9 Å². The Bertz CT molecular complexity index is 895. The van der Waals surface area contributed by atoms with Crippen LogP contribution in [0, 0.1) is 0 Å².